The largest absolute Gasteiger partial charge is 0.399 e. The molecule has 1 saturated heterocycles. The summed E-state index contributed by atoms with van der Waals surface area (Å²) in [6.45, 7) is 0. The van der Waals surface area contributed by atoms with Gasteiger partial charge in [0.25, 0.3) is 0 Å². The van der Waals surface area contributed by atoms with Crippen LogP contribution in [0, 0.1) is 5.92 Å². The molecule has 2 aromatic heterocycles. The first kappa shape index (κ1) is 12.5. The van der Waals surface area contributed by atoms with Gasteiger partial charge >= 0.3 is 0 Å². The topological polar surface area (TPSA) is 77.5 Å². The molecular weight excluding hydrogens is 262 g/mol. The molecule has 0 aromatic carbocycles. The lowest BCUT2D eigenvalue weighted by atomic mass is 10.00. The zero-order chi connectivity index (χ0) is 13.5. The first-order chi connectivity index (χ1) is 9.02. The van der Waals surface area contributed by atoms with E-state index >= 15 is 0 Å². The normalized spacial score (nSPS) is 22.6. The number of pyridine rings is 1. The molecule has 0 aliphatic carbocycles. The van der Waals surface area contributed by atoms with Crippen molar-refractivity contribution >= 4 is 21.2 Å². The summed E-state index contributed by atoms with van der Waals surface area (Å²) in [7, 11) is -2.84. The first-order valence-corrected chi connectivity index (χ1v) is 8.27. The van der Waals surface area contributed by atoms with Crippen LogP contribution in [-0.2, 0) is 16.3 Å². The Bertz CT molecular complexity index is 706. The van der Waals surface area contributed by atoms with Crippen LogP contribution < -0.4 is 5.73 Å². The fraction of sp³-hybridized carbons (Fsp3) is 0.462. The number of aromatic nitrogens is 2. The number of anilines is 1. The fourth-order valence-electron chi connectivity index (χ4n) is 2.72. The number of nitrogens with zero attached hydrogens (tertiary/aromatic N) is 2. The second kappa shape index (κ2) is 4.52. The van der Waals surface area contributed by atoms with Crippen LogP contribution in [0.5, 0.6) is 0 Å². The highest BCUT2D eigenvalue weighted by molar-refractivity contribution is 7.91. The third kappa shape index (κ3) is 2.73. The van der Waals surface area contributed by atoms with Crippen molar-refractivity contribution in [3.05, 3.63) is 30.2 Å². The molecule has 0 saturated carbocycles. The van der Waals surface area contributed by atoms with Crippen molar-refractivity contribution in [2.45, 2.75) is 19.3 Å². The lowest BCUT2D eigenvalue weighted by Gasteiger charge is -2.20. The van der Waals surface area contributed by atoms with Gasteiger partial charge in [0.2, 0.25) is 0 Å². The number of nitrogens with two attached hydrogens (primary N) is 1. The Hall–Kier alpha value is -1.56. The molecule has 0 bridgehead atoms. The van der Waals surface area contributed by atoms with Gasteiger partial charge in [-0.05, 0) is 31.2 Å². The van der Waals surface area contributed by atoms with Gasteiger partial charge in [-0.15, -0.1) is 0 Å². The molecule has 1 atom stereocenters. The van der Waals surface area contributed by atoms with Crippen LogP contribution >= 0.6 is 0 Å². The van der Waals surface area contributed by atoms with Gasteiger partial charge < -0.3 is 10.1 Å². The Morgan fingerprint density at radius 2 is 2.32 bits per heavy atom. The molecule has 5 nitrogen and oxygen atoms in total. The zero-order valence-electron chi connectivity index (χ0n) is 10.6. The summed E-state index contributed by atoms with van der Waals surface area (Å²) < 4.78 is 25.2. The Balaban J connectivity index is 1.81. The molecule has 6 heteroatoms. The van der Waals surface area contributed by atoms with Crippen molar-refractivity contribution in [2.75, 3.05) is 17.2 Å². The average molecular weight is 279 g/mol. The molecule has 2 aromatic rings. The third-order valence-electron chi connectivity index (χ3n) is 3.59. The Kier molecular flexibility index (Phi) is 2.97. The van der Waals surface area contributed by atoms with Crippen LogP contribution in [0.1, 0.15) is 18.5 Å². The first-order valence-electron chi connectivity index (χ1n) is 6.45. The fourth-order valence-corrected chi connectivity index (χ4v) is 4.50. The van der Waals surface area contributed by atoms with Crippen molar-refractivity contribution in [2.24, 2.45) is 5.92 Å². The van der Waals surface area contributed by atoms with E-state index in [1.165, 1.54) is 0 Å². The summed E-state index contributed by atoms with van der Waals surface area (Å²) in [6.07, 6.45) is 6.29. The summed E-state index contributed by atoms with van der Waals surface area (Å²) in [5, 5.41) is 0. The van der Waals surface area contributed by atoms with Gasteiger partial charge in [0.15, 0.2) is 9.84 Å². The van der Waals surface area contributed by atoms with Crippen LogP contribution in [-0.4, -0.2) is 29.3 Å². The lowest BCUT2D eigenvalue weighted by Crippen LogP contribution is -2.26. The predicted octanol–water partition coefficient (Wildman–Crippen LogP) is 1.28. The van der Waals surface area contributed by atoms with E-state index in [0.29, 0.717) is 17.2 Å². The van der Waals surface area contributed by atoms with Crippen LogP contribution in [0.2, 0.25) is 0 Å². The predicted molar refractivity (Wildman–Crippen MR) is 74.7 cm³/mol. The summed E-state index contributed by atoms with van der Waals surface area (Å²) in [6, 6.07) is 3.64. The molecular formula is C13H17N3O2S. The summed E-state index contributed by atoms with van der Waals surface area (Å²) in [5.74, 6) is 0.829. The van der Waals surface area contributed by atoms with E-state index in [2.05, 4.69) is 4.98 Å². The van der Waals surface area contributed by atoms with E-state index in [9.17, 15) is 8.42 Å². The van der Waals surface area contributed by atoms with Gasteiger partial charge in [0.1, 0.15) is 5.65 Å². The number of sulfone groups is 1. The third-order valence-corrected chi connectivity index (χ3v) is 5.48. The minimum Gasteiger partial charge on any atom is -0.399 e. The highest BCUT2D eigenvalue weighted by Gasteiger charge is 2.25. The number of imidazole rings is 1. The lowest BCUT2D eigenvalue weighted by molar-refractivity contribution is 0.480. The van der Waals surface area contributed by atoms with Crippen molar-refractivity contribution in [1.82, 2.24) is 9.38 Å². The Morgan fingerprint density at radius 1 is 1.47 bits per heavy atom. The van der Waals surface area contributed by atoms with Gasteiger partial charge in [0, 0.05) is 24.1 Å². The molecule has 3 rings (SSSR count). The van der Waals surface area contributed by atoms with Gasteiger partial charge in [0.05, 0.1) is 17.2 Å². The van der Waals surface area contributed by atoms with Gasteiger partial charge in [-0.3, -0.25) is 0 Å². The van der Waals surface area contributed by atoms with Crippen molar-refractivity contribution < 1.29 is 8.42 Å². The molecule has 19 heavy (non-hydrogen) atoms. The zero-order valence-corrected chi connectivity index (χ0v) is 11.4. The number of fused-ring (bicyclic) bond motifs is 1. The van der Waals surface area contributed by atoms with Crippen molar-refractivity contribution in [1.29, 1.82) is 0 Å². The molecule has 0 amide bonds. The van der Waals surface area contributed by atoms with Gasteiger partial charge in [-0.1, -0.05) is 0 Å². The molecule has 0 radical (unpaired) electrons. The van der Waals surface area contributed by atoms with Crippen LogP contribution in [0.25, 0.3) is 5.65 Å². The smallest absolute Gasteiger partial charge is 0.150 e. The summed E-state index contributed by atoms with van der Waals surface area (Å²) >= 11 is 0. The van der Waals surface area contributed by atoms with E-state index in [1.54, 1.807) is 0 Å². The second-order valence-corrected chi connectivity index (χ2v) is 7.51. The van der Waals surface area contributed by atoms with Crippen molar-refractivity contribution in [3.63, 3.8) is 0 Å². The molecule has 3 heterocycles. The highest BCUT2D eigenvalue weighted by Crippen LogP contribution is 2.22. The molecule has 1 aliphatic heterocycles. The number of rotatable bonds is 2. The Labute approximate surface area is 112 Å². The number of hydrogen-bond acceptors (Lipinski definition) is 4. The second-order valence-electron chi connectivity index (χ2n) is 5.28. The van der Waals surface area contributed by atoms with Crippen molar-refractivity contribution in [3.8, 4) is 0 Å². The number of nitrogen functional groups attached to an aromatic ring is 1. The van der Waals surface area contributed by atoms with E-state index in [-0.39, 0.29) is 5.92 Å². The van der Waals surface area contributed by atoms with Gasteiger partial charge in [-0.25, -0.2) is 13.4 Å². The average Bonchev–Trinajstić information content (AvgIpc) is 2.68. The SMILES string of the molecule is Nc1ccn2cc(CC3CCCS(=O)(=O)C3)nc2c1. The summed E-state index contributed by atoms with van der Waals surface area (Å²) in [5.41, 5.74) is 8.16. The Morgan fingerprint density at radius 3 is 3.11 bits per heavy atom. The van der Waals surface area contributed by atoms with E-state index in [0.717, 1.165) is 30.6 Å². The maximum Gasteiger partial charge on any atom is 0.150 e. The quantitative estimate of drug-likeness (QED) is 0.898. The maximum absolute atomic E-state index is 11.6. The van der Waals surface area contributed by atoms with Crippen LogP contribution in [0.15, 0.2) is 24.5 Å². The molecule has 102 valence electrons. The van der Waals surface area contributed by atoms with Crippen LogP contribution in [0.3, 0.4) is 0 Å². The molecule has 1 aliphatic rings. The molecule has 2 N–H and O–H groups in total. The minimum absolute atomic E-state index is 0.195. The standard InChI is InChI=1S/C13H17N3O2S/c14-11-3-4-16-8-12(15-13(16)7-11)6-10-2-1-5-19(17,18)9-10/h3-4,7-8,10H,1-2,5-6,9,14H2. The van der Waals surface area contributed by atoms with E-state index < -0.39 is 9.84 Å². The monoisotopic (exact) mass is 279 g/mol. The molecule has 0 spiro atoms. The minimum atomic E-state index is -2.84. The maximum atomic E-state index is 11.6. The summed E-state index contributed by atoms with van der Waals surface area (Å²) in [4.78, 5) is 4.50. The van der Waals surface area contributed by atoms with Gasteiger partial charge in [-0.2, -0.15) is 0 Å². The molecule has 1 fully saturated rings. The van der Waals surface area contributed by atoms with Crippen LogP contribution in [0.4, 0.5) is 5.69 Å². The highest BCUT2D eigenvalue weighted by atomic mass is 32.2. The van der Waals surface area contributed by atoms with E-state index in [1.807, 2.05) is 28.9 Å². The molecule has 1 unspecified atom stereocenters. The van der Waals surface area contributed by atoms with E-state index in [4.69, 9.17) is 5.73 Å². The number of hydrogen-bond donors (Lipinski definition) is 1.